The molecular weight excluding hydrogens is 316 g/mol. The fourth-order valence-corrected chi connectivity index (χ4v) is 2.94. The van der Waals surface area contributed by atoms with Gasteiger partial charge in [0.1, 0.15) is 11.9 Å². The lowest BCUT2D eigenvalue weighted by Gasteiger charge is -2.26. The number of carbonyl (C=O) groups is 1. The van der Waals surface area contributed by atoms with Crippen molar-refractivity contribution in [2.45, 2.75) is 25.4 Å². The molecule has 0 amide bonds. The van der Waals surface area contributed by atoms with E-state index in [0.717, 1.165) is 18.4 Å². The largest absolute Gasteiger partial charge is 0.467 e. The SMILES string of the molecule is COCOc1cccc2c1C[C@H](CCC=Cc1ccccc1)OC2=O. The van der Waals surface area contributed by atoms with Gasteiger partial charge in [-0.05, 0) is 30.5 Å². The van der Waals surface area contributed by atoms with Crippen LogP contribution in [0.25, 0.3) is 6.08 Å². The number of methoxy groups -OCH3 is 1. The zero-order valence-corrected chi connectivity index (χ0v) is 14.3. The average molecular weight is 338 g/mol. The molecule has 4 heteroatoms. The van der Waals surface area contributed by atoms with Gasteiger partial charge in [-0.3, -0.25) is 0 Å². The Hall–Kier alpha value is -2.59. The summed E-state index contributed by atoms with van der Waals surface area (Å²) in [6.45, 7) is 0.163. The fourth-order valence-electron chi connectivity index (χ4n) is 2.94. The topological polar surface area (TPSA) is 44.8 Å². The lowest BCUT2D eigenvalue weighted by molar-refractivity contribution is 0.0219. The van der Waals surface area contributed by atoms with Gasteiger partial charge in [-0.25, -0.2) is 4.79 Å². The van der Waals surface area contributed by atoms with Gasteiger partial charge in [0.15, 0.2) is 6.79 Å². The van der Waals surface area contributed by atoms with Gasteiger partial charge in [-0.1, -0.05) is 48.6 Å². The molecule has 4 nitrogen and oxygen atoms in total. The van der Waals surface area contributed by atoms with Crippen LogP contribution in [0.3, 0.4) is 0 Å². The molecule has 0 aromatic heterocycles. The van der Waals surface area contributed by atoms with Crippen molar-refractivity contribution in [1.29, 1.82) is 0 Å². The maximum absolute atomic E-state index is 12.2. The third-order valence-electron chi connectivity index (χ3n) is 4.16. The van der Waals surface area contributed by atoms with Gasteiger partial charge >= 0.3 is 5.97 Å². The summed E-state index contributed by atoms with van der Waals surface area (Å²) in [6.07, 6.45) is 6.38. The minimum atomic E-state index is -0.277. The van der Waals surface area contributed by atoms with Crippen LogP contribution in [0.1, 0.15) is 34.3 Å². The highest BCUT2D eigenvalue weighted by atomic mass is 16.7. The van der Waals surface area contributed by atoms with Crippen LogP contribution in [-0.4, -0.2) is 26.0 Å². The highest BCUT2D eigenvalue weighted by Crippen LogP contribution is 2.30. The molecule has 2 aromatic rings. The Bertz CT molecular complexity index is 737. The molecule has 2 aromatic carbocycles. The summed E-state index contributed by atoms with van der Waals surface area (Å²) in [5, 5.41) is 0. The number of hydrogen-bond acceptors (Lipinski definition) is 4. The molecule has 0 aliphatic carbocycles. The normalized spacial score (nSPS) is 16.5. The van der Waals surface area contributed by atoms with E-state index >= 15 is 0 Å². The number of ether oxygens (including phenoxy) is 3. The van der Waals surface area contributed by atoms with Crippen LogP contribution in [-0.2, 0) is 15.9 Å². The van der Waals surface area contributed by atoms with Gasteiger partial charge < -0.3 is 14.2 Å². The quantitative estimate of drug-likeness (QED) is 0.559. The minimum absolute atomic E-state index is 0.132. The van der Waals surface area contributed by atoms with E-state index in [4.69, 9.17) is 14.2 Å². The van der Waals surface area contributed by atoms with E-state index in [-0.39, 0.29) is 18.9 Å². The van der Waals surface area contributed by atoms with E-state index in [1.54, 1.807) is 19.2 Å². The zero-order chi connectivity index (χ0) is 17.5. The van der Waals surface area contributed by atoms with E-state index in [1.807, 2.05) is 24.3 Å². The molecule has 0 saturated carbocycles. The van der Waals surface area contributed by atoms with Gasteiger partial charge in [-0.2, -0.15) is 0 Å². The van der Waals surface area contributed by atoms with Crippen molar-refractivity contribution in [2.24, 2.45) is 0 Å². The first-order chi connectivity index (χ1) is 12.3. The Balaban J connectivity index is 1.62. The predicted octanol–water partition coefficient (Wildman–Crippen LogP) is 4.24. The lowest BCUT2D eigenvalue weighted by Crippen LogP contribution is -2.28. The zero-order valence-electron chi connectivity index (χ0n) is 14.3. The minimum Gasteiger partial charge on any atom is -0.467 e. The van der Waals surface area contributed by atoms with Crippen molar-refractivity contribution >= 4 is 12.0 Å². The Labute approximate surface area is 148 Å². The van der Waals surface area contributed by atoms with Crippen molar-refractivity contribution in [3.8, 4) is 5.75 Å². The molecule has 1 atom stereocenters. The van der Waals surface area contributed by atoms with Crippen LogP contribution in [0.2, 0.25) is 0 Å². The smallest absolute Gasteiger partial charge is 0.338 e. The van der Waals surface area contributed by atoms with E-state index in [2.05, 4.69) is 24.3 Å². The lowest BCUT2D eigenvalue weighted by atomic mass is 9.95. The first kappa shape index (κ1) is 17.2. The van der Waals surface area contributed by atoms with Crippen LogP contribution >= 0.6 is 0 Å². The molecule has 25 heavy (non-hydrogen) atoms. The van der Waals surface area contributed by atoms with Crippen molar-refractivity contribution < 1.29 is 19.0 Å². The fraction of sp³-hybridized carbons (Fsp3) is 0.286. The molecule has 0 spiro atoms. The van der Waals surface area contributed by atoms with Crippen molar-refractivity contribution in [1.82, 2.24) is 0 Å². The molecule has 0 fully saturated rings. The number of cyclic esters (lactones) is 1. The van der Waals surface area contributed by atoms with Gasteiger partial charge in [0, 0.05) is 19.1 Å². The van der Waals surface area contributed by atoms with Crippen LogP contribution in [0.15, 0.2) is 54.6 Å². The molecule has 0 bridgehead atoms. The van der Waals surface area contributed by atoms with Crippen LogP contribution in [0.4, 0.5) is 0 Å². The maximum Gasteiger partial charge on any atom is 0.338 e. The Morgan fingerprint density at radius 2 is 2.00 bits per heavy atom. The number of hydrogen-bond donors (Lipinski definition) is 0. The number of fused-ring (bicyclic) bond motifs is 1. The van der Waals surface area contributed by atoms with Crippen LogP contribution in [0, 0.1) is 0 Å². The predicted molar refractivity (Wildman–Crippen MR) is 96.6 cm³/mol. The number of esters is 1. The third kappa shape index (κ3) is 4.48. The Morgan fingerprint density at radius 1 is 1.16 bits per heavy atom. The molecule has 3 rings (SSSR count). The van der Waals surface area contributed by atoms with Gasteiger partial charge in [0.05, 0.1) is 5.56 Å². The Morgan fingerprint density at radius 3 is 2.80 bits per heavy atom. The third-order valence-corrected chi connectivity index (χ3v) is 4.16. The first-order valence-electron chi connectivity index (χ1n) is 8.44. The van der Waals surface area contributed by atoms with Gasteiger partial charge in [0.2, 0.25) is 0 Å². The van der Waals surface area contributed by atoms with Crippen LogP contribution < -0.4 is 4.74 Å². The second-order valence-corrected chi connectivity index (χ2v) is 5.95. The molecule has 1 aliphatic rings. The number of rotatable bonds is 7. The van der Waals surface area contributed by atoms with Gasteiger partial charge in [0.25, 0.3) is 0 Å². The molecule has 130 valence electrons. The molecule has 0 N–H and O–H groups in total. The maximum atomic E-state index is 12.2. The molecule has 0 unspecified atom stereocenters. The van der Waals surface area contributed by atoms with Crippen molar-refractivity contribution in [3.05, 3.63) is 71.3 Å². The summed E-state index contributed by atoms with van der Waals surface area (Å²) in [5.41, 5.74) is 2.67. The molecule has 0 saturated heterocycles. The number of benzene rings is 2. The van der Waals surface area contributed by atoms with Crippen molar-refractivity contribution in [2.75, 3.05) is 13.9 Å². The first-order valence-corrected chi connectivity index (χ1v) is 8.44. The second kappa shape index (κ2) is 8.49. The van der Waals surface area contributed by atoms with E-state index in [9.17, 15) is 4.79 Å². The molecule has 1 heterocycles. The molecular formula is C21H22O4. The molecule has 1 aliphatic heterocycles. The van der Waals surface area contributed by atoms with E-state index < -0.39 is 0 Å². The second-order valence-electron chi connectivity index (χ2n) is 5.95. The monoisotopic (exact) mass is 338 g/mol. The standard InChI is InChI=1S/C21H22O4/c1-23-15-24-20-13-7-12-18-19(20)14-17(25-21(18)22)11-6-5-10-16-8-3-2-4-9-16/h2-5,7-10,12-13,17H,6,11,14-15H2,1H3/t17-/m0/s1. The number of carbonyl (C=O) groups excluding carboxylic acids is 1. The summed E-state index contributed by atoms with van der Waals surface area (Å²) in [6, 6.07) is 15.6. The van der Waals surface area contributed by atoms with Gasteiger partial charge in [-0.15, -0.1) is 0 Å². The Kier molecular flexibility index (Phi) is 5.86. The number of allylic oxidation sites excluding steroid dienone is 1. The van der Waals surface area contributed by atoms with Crippen LogP contribution in [0.5, 0.6) is 5.75 Å². The summed E-state index contributed by atoms with van der Waals surface area (Å²) >= 11 is 0. The summed E-state index contributed by atoms with van der Waals surface area (Å²) in [5.74, 6) is 0.419. The summed E-state index contributed by atoms with van der Waals surface area (Å²) < 4.78 is 16.1. The van der Waals surface area contributed by atoms with Crippen molar-refractivity contribution in [3.63, 3.8) is 0 Å². The highest BCUT2D eigenvalue weighted by molar-refractivity contribution is 5.93. The average Bonchev–Trinajstić information content (AvgIpc) is 2.64. The highest BCUT2D eigenvalue weighted by Gasteiger charge is 2.28. The summed E-state index contributed by atoms with van der Waals surface area (Å²) in [4.78, 5) is 12.2. The summed E-state index contributed by atoms with van der Waals surface area (Å²) in [7, 11) is 1.57. The van der Waals surface area contributed by atoms with E-state index in [1.165, 1.54) is 5.56 Å². The van der Waals surface area contributed by atoms with E-state index in [0.29, 0.717) is 17.7 Å². The molecule has 0 radical (unpaired) electrons.